The minimum Gasteiger partial charge on any atom is -0.478 e. The van der Waals surface area contributed by atoms with E-state index in [2.05, 4.69) is 19.9 Å². The molecule has 0 bridgehead atoms. The summed E-state index contributed by atoms with van der Waals surface area (Å²) in [6, 6.07) is 5.23. The van der Waals surface area contributed by atoms with Crippen LogP contribution in [0.3, 0.4) is 0 Å². The first-order valence-corrected chi connectivity index (χ1v) is 7.68. The SMILES string of the molecule is CCOc1ccnc(N2CCN(C(=O)c3ccncc3)CC2)n1. The van der Waals surface area contributed by atoms with Gasteiger partial charge < -0.3 is 14.5 Å². The van der Waals surface area contributed by atoms with Crippen LogP contribution in [0.15, 0.2) is 36.8 Å². The maximum absolute atomic E-state index is 12.4. The topological polar surface area (TPSA) is 71.5 Å². The number of amides is 1. The average Bonchev–Trinajstić information content (AvgIpc) is 2.62. The minimum absolute atomic E-state index is 0.0380. The number of pyridine rings is 1. The van der Waals surface area contributed by atoms with E-state index in [4.69, 9.17) is 4.74 Å². The summed E-state index contributed by atoms with van der Waals surface area (Å²) in [6.45, 7) is 5.18. The smallest absolute Gasteiger partial charge is 0.254 e. The van der Waals surface area contributed by atoms with Gasteiger partial charge in [-0.15, -0.1) is 0 Å². The third-order valence-corrected chi connectivity index (χ3v) is 3.69. The first-order chi connectivity index (χ1) is 11.3. The van der Waals surface area contributed by atoms with Crippen molar-refractivity contribution in [2.45, 2.75) is 6.92 Å². The Kier molecular flexibility index (Phi) is 4.65. The van der Waals surface area contributed by atoms with Crippen LogP contribution in [0.25, 0.3) is 0 Å². The molecule has 2 aromatic heterocycles. The molecule has 1 fully saturated rings. The van der Waals surface area contributed by atoms with E-state index in [0.29, 0.717) is 50.2 Å². The van der Waals surface area contributed by atoms with Crippen molar-refractivity contribution in [2.75, 3.05) is 37.7 Å². The second kappa shape index (κ2) is 7.04. The Morgan fingerprint density at radius 3 is 2.57 bits per heavy atom. The summed E-state index contributed by atoms with van der Waals surface area (Å²) >= 11 is 0. The molecule has 0 radical (unpaired) electrons. The Balaban J connectivity index is 1.62. The molecular weight excluding hydrogens is 294 g/mol. The number of carbonyl (C=O) groups is 1. The van der Waals surface area contributed by atoms with Crippen LogP contribution < -0.4 is 9.64 Å². The second-order valence-corrected chi connectivity index (χ2v) is 5.14. The monoisotopic (exact) mass is 313 g/mol. The first kappa shape index (κ1) is 15.2. The molecule has 3 rings (SSSR count). The molecule has 0 aromatic carbocycles. The number of carbonyl (C=O) groups excluding carboxylic acids is 1. The molecule has 7 heteroatoms. The van der Waals surface area contributed by atoms with Gasteiger partial charge in [0.1, 0.15) is 0 Å². The van der Waals surface area contributed by atoms with Crippen molar-refractivity contribution in [1.82, 2.24) is 19.9 Å². The maximum atomic E-state index is 12.4. The Bertz CT molecular complexity index is 657. The van der Waals surface area contributed by atoms with Crippen LogP contribution in [-0.4, -0.2) is 58.5 Å². The highest BCUT2D eigenvalue weighted by Gasteiger charge is 2.23. The summed E-state index contributed by atoms with van der Waals surface area (Å²) < 4.78 is 5.41. The van der Waals surface area contributed by atoms with Crippen LogP contribution in [0.2, 0.25) is 0 Å². The van der Waals surface area contributed by atoms with E-state index in [1.165, 1.54) is 0 Å². The highest BCUT2D eigenvalue weighted by Crippen LogP contribution is 2.16. The van der Waals surface area contributed by atoms with E-state index >= 15 is 0 Å². The van der Waals surface area contributed by atoms with Gasteiger partial charge in [0.25, 0.3) is 5.91 Å². The van der Waals surface area contributed by atoms with Crippen molar-refractivity contribution in [3.05, 3.63) is 42.4 Å². The van der Waals surface area contributed by atoms with Crippen molar-refractivity contribution in [1.29, 1.82) is 0 Å². The number of aromatic nitrogens is 3. The predicted molar refractivity (Wildman–Crippen MR) is 85.6 cm³/mol. The molecule has 0 atom stereocenters. The summed E-state index contributed by atoms with van der Waals surface area (Å²) in [5.41, 5.74) is 0.669. The van der Waals surface area contributed by atoms with Crippen LogP contribution in [0, 0.1) is 0 Å². The molecule has 0 aliphatic carbocycles. The van der Waals surface area contributed by atoms with E-state index < -0.39 is 0 Å². The zero-order chi connectivity index (χ0) is 16.1. The molecule has 2 aromatic rings. The van der Waals surface area contributed by atoms with E-state index in [1.807, 2.05) is 11.8 Å². The molecule has 0 unspecified atom stereocenters. The molecule has 0 N–H and O–H groups in total. The lowest BCUT2D eigenvalue weighted by Crippen LogP contribution is -2.49. The Labute approximate surface area is 134 Å². The lowest BCUT2D eigenvalue weighted by atomic mass is 10.2. The first-order valence-electron chi connectivity index (χ1n) is 7.68. The van der Waals surface area contributed by atoms with Gasteiger partial charge in [0, 0.05) is 56.4 Å². The highest BCUT2D eigenvalue weighted by molar-refractivity contribution is 5.94. The molecule has 3 heterocycles. The number of hydrogen-bond acceptors (Lipinski definition) is 6. The van der Waals surface area contributed by atoms with E-state index in [0.717, 1.165) is 0 Å². The standard InChI is InChI=1S/C16H19N5O2/c1-2-23-14-5-8-18-16(19-14)21-11-9-20(10-12-21)15(22)13-3-6-17-7-4-13/h3-8H,2,9-12H2,1H3. The van der Waals surface area contributed by atoms with Crippen LogP contribution in [-0.2, 0) is 0 Å². The number of nitrogens with zero attached hydrogens (tertiary/aromatic N) is 5. The number of ether oxygens (including phenoxy) is 1. The lowest BCUT2D eigenvalue weighted by molar-refractivity contribution is 0.0746. The van der Waals surface area contributed by atoms with Gasteiger partial charge in [-0.3, -0.25) is 9.78 Å². The summed E-state index contributed by atoms with van der Waals surface area (Å²) in [5, 5.41) is 0. The van der Waals surface area contributed by atoms with Crippen LogP contribution in [0.4, 0.5) is 5.95 Å². The van der Waals surface area contributed by atoms with Crippen molar-refractivity contribution in [2.24, 2.45) is 0 Å². The fourth-order valence-electron chi connectivity index (χ4n) is 2.50. The summed E-state index contributed by atoms with van der Waals surface area (Å²) in [4.78, 5) is 29.0. The number of piperazine rings is 1. The quantitative estimate of drug-likeness (QED) is 0.845. The molecule has 1 aliphatic rings. The van der Waals surface area contributed by atoms with Gasteiger partial charge in [0.15, 0.2) is 0 Å². The summed E-state index contributed by atoms with van der Waals surface area (Å²) in [7, 11) is 0. The molecule has 0 saturated carbocycles. The Morgan fingerprint density at radius 2 is 1.87 bits per heavy atom. The predicted octanol–water partition coefficient (Wildman–Crippen LogP) is 1.23. The van der Waals surface area contributed by atoms with E-state index in [9.17, 15) is 4.79 Å². The molecule has 1 amide bonds. The van der Waals surface area contributed by atoms with Crippen molar-refractivity contribution in [3.63, 3.8) is 0 Å². The fraction of sp³-hybridized carbons (Fsp3) is 0.375. The van der Waals surface area contributed by atoms with Gasteiger partial charge in [0.05, 0.1) is 6.61 Å². The largest absolute Gasteiger partial charge is 0.478 e. The molecular formula is C16H19N5O2. The zero-order valence-electron chi connectivity index (χ0n) is 13.1. The molecule has 1 aliphatic heterocycles. The van der Waals surface area contributed by atoms with Gasteiger partial charge in [-0.1, -0.05) is 0 Å². The Morgan fingerprint density at radius 1 is 1.13 bits per heavy atom. The van der Waals surface area contributed by atoms with Crippen molar-refractivity contribution < 1.29 is 9.53 Å². The van der Waals surface area contributed by atoms with Gasteiger partial charge in [-0.25, -0.2) is 4.98 Å². The third kappa shape index (κ3) is 3.56. The minimum atomic E-state index is 0.0380. The van der Waals surface area contributed by atoms with Crippen LogP contribution >= 0.6 is 0 Å². The van der Waals surface area contributed by atoms with Crippen molar-refractivity contribution in [3.8, 4) is 5.88 Å². The van der Waals surface area contributed by atoms with Gasteiger partial charge in [-0.05, 0) is 19.1 Å². The van der Waals surface area contributed by atoms with Crippen molar-refractivity contribution >= 4 is 11.9 Å². The molecule has 0 spiro atoms. The lowest BCUT2D eigenvalue weighted by Gasteiger charge is -2.34. The van der Waals surface area contributed by atoms with Gasteiger partial charge in [0.2, 0.25) is 11.8 Å². The average molecular weight is 313 g/mol. The number of anilines is 1. The summed E-state index contributed by atoms with van der Waals surface area (Å²) in [6.07, 6.45) is 4.97. The number of rotatable bonds is 4. The van der Waals surface area contributed by atoms with E-state index in [-0.39, 0.29) is 5.91 Å². The second-order valence-electron chi connectivity index (χ2n) is 5.14. The highest BCUT2D eigenvalue weighted by atomic mass is 16.5. The summed E-state index contributed by atoms with van der Waals surface area (Å²) in [5.74, 6) is 1.26. The fourth-order valence-corrected chi connectivity index (χ4v) is 2.50. The van der Waals surface area contributed by atoms with Gasteiger partial charge >= 0.3 is 0 Å². The maximum Gasteiger partial charge on any atom is 0.254 e. The zero-order valence-corrected chi connectivity index (χ0v) is 13.1. The molecule has 1 saturated heterocycles. The van der Waals surface area contributed by atoms with Crippen LogP contribution in [0.5, 0.6) is 5.88 Å². The molecule has 120 valence electrons. The Hall–Kier alpha value is -2.70. The third-order valence-electron chi connectivity index (χ3n) is 3.69. The number of hydrogen-bond donors (Lipinski definition) is 0. The molecule has 7 nitrogen and oxygen atoms in total. The normalized spacial score (nSPS) is 14.7. The van der Waals surface area contributed by atoms with Gasteiger partial charge in [-0.2, -0.15) is 4.98 Å². The van der Waals surface area contributed by atoms with E-state index in [1.54, 1.807) is 36.8 Å². The van der Waals surface area contributed by atoms with Crippen LogP contribution in [0.1, 0.15) is 17.3 Å². The molecule has 23 heavy (non-hydrogen) atoms.